The van der Waals surface area contributed by atoms with Crippen LogP contribution in [0, 0.1) is 0 Å². The van der Waals surface area contributed by atoms with Crippen molar-refractivity contribution in [3.05, 3.63) is 29.8 Å². The maximum atomic E-state index is 12.7. The highest BCUT2D eigenvalue weighted by Crippen LogP contribution is 2.45. The van der Waals surface area contributed by atoms with Gasteiger partial charge in [-0.1, -0.05) is 18.2 Å². The predicted molar refractivity (Wildman–Crippen MR) is 126 cm³/mol. The molecule has 0 bridgehead atoms. The molecule has 2 aliphatic rings. The van der Waals surface area contributed by atoms with Crippen molar-refractivity contribution < 1.29 is 27.4 Å². The van der Waals surface area contributed by atoms with Crippen molar-refractivity contribution in [1.82, 2.24) is 15.5 Å². The van der Waals surface area contributed by atoms with E-state index in [4.69, 9.17) is 4.74 Å². The van der Waals surface area contributed by atoms with Gasteiger partial charge in [-0.3, -0.25) is 4.99 Å². The van der Waals surface area contributed by atoms with Crippen molar-refractivity contribution in [3.8, 4) is 5.75 Å². The molecule has 0 aromatic heterocycles. The zero-order valence-electron chi connectivity index (χ0n) is 18.2. The number of para-hydroxylation sites is 1. The van der Waals surface area contributed by atoms with Crippen molar-refractivity contribution >= 4 is 36.0 Å². The van der Waals surface area contributed by atoms with Crippen LogP contribution in [-0.2, 0) is 4.74 Å². The average Bonchev–Trinajstić information content (AvgIpc) is 3.47. The number of nitrogens with one attached hydrogen (secondary N) is 2. The molecule has 1 aromatic rings. The Morgan fingerprint density at radius 2 is 1.88 bits per heavy atom. The molecule has 1 aliphatic carbocycles. The monoisotopic (exact) mass is 570 g/mol. The average molecular weight is 570 g/mol. The number of amides is 1. The summed E-state index contributed by atoms with van der Waals surface area (Å²) in [7, 11) is 0. The topological polar surface area (TPSA) is 75.2 Å². The lowest BCUT2D eigenvalue weighted by molar-refractivity contribution is -0.274. The van der Waals surface area contributed by atoms with E-state index in [-0.39, 0.29) is 53.8 Å². The van der Waals surface area contributed by atoms with E-state index >= 15 is 0 Å². The van der Waals surface area contributed by atoms with Gasteiger partial charge in [0.1, 0.15) is 5.75 Å². The van der Waals surface area contributed by atoms with Gasteiger partial charge in [-0.2, -0.15) is 0 Å². The molecule has 2 N–H and O–H groups in total. The maximum absolute atomic E-state index is 12.7. The van der Waals surface area contributed by atoms with Gasteiger partial charge in [-0.15, -0.1) is 37.1 Å². The van der Waals surface area contributed by atoms with Gasteiger partial charge < -0.3 is 25.0 Å². The molecule has 1 aromatic carbocycles. The van der Waals surface area contributed by atoms with Gasteiger partial charge in [0, 0.05) is 37.6 Å². The quantitative estimate of drug-likeness (QED) is 0.304. The van der Waals surface area contributed by atoms with Crippen molar-refractivity contribution in [2.45, 2.75) is 57.5 Å². The number of hydrogen-bond donors (Lipinski definition) is 2. The fraction of sp³-hybridized carbons (Fsp3) is 0.619. The molecule has 1 saturated carbocycles. The Morgan fingerprint density at radius 1 is 1.19 bits per heavy atom. The molecule has 2 fully saturated rings. The minimum atomic E-state index is -4.72. The lowest BCUT2D eigenvalue weighted by Gasteiger charge is -2.32. The van der Waals surface area contributed by atoms with Crippen LogP contribution < -0.4 is 15.4 Å². The van der Waals surface area contributed by atoms with E-state index in [2.05, 4.69) is 20.4 Å². The van der Waals surface area contributed by atoms with Gasteiger partial charge in [0.25, 0.3) is 0 Å². The smallest absolute Gasteiger partial charge is 0.450 e. The van der Waals surface area contributed by atoms with Gasteiger partial charge in [-0.05, 0) is 44.7 Å². The third kappa shape index (κ3) is 7.59. The molecule has 11 heteroatoms. The Balaban J connectivity index is 0.00000363. The molecule has 3 rings (SSSR count). The number of carbonyl (C=O) groups is 1. The number of rotatable bonds is 6. The molecule has 0 radical (unpaired) electrons. The Hall–Kier alpha value is -1.92. The molecular formula is C21H30F3IN4O3. The summed E-state index contributed by atoms with van der Waals surface area (Å²) in [6, 6.07) is 6.39. The van der Waals surface area contributed by atoms with Crippen LogP contribution in [0.1, 0.15) is 44.6 Å². The second-order valence-electron chi connectivity index (χ2n) is 7.61. The number of alkyl halides is 3. The van der Waals surface area contributed by atoms with Crippen molar-refractivity contribution in [3.63, 3.8) is 0 Å². The van der Waals surface area contributed by atoms with Gasteiger partial charge in [0.2, 0.25) is 0 Å². The molecule has 1 saturated heterocycles. The van der Waals surface area contributed by atoms with Crippen LogP contribution in [0.15, 0.2) is 29.3 Å². The first-order chi connectivity index (χ1) is 14.8. The van der Waals surface area contributed by atoms with Crippen LogP contribution in [0.4, 0.5) is 18.0 Å². The van der Waals surface area contributed by atoms with Gasteiger partial charge in [0.05, 0.1) is 6.61 Å². The number of ether oxygens (including phenoxy) is 2. The minimum absolute atomic E-state index is 0. The van der Waals surface area contributed by atoms with Gasteiger partial charge in [0.15, 0.2) is 5.96 Å². The van der Waals surface area contributed by atoms with E-state index in [0.717, 1.165) is 12.8 Å². The van der Waals surface area contributed by atoms with E-state index in [9.17, 15) is 18.0 Å². The second-order valence-corrected chi connectivity index (χ2v) is 7.61. The molecule has 2 atom stereocenters. The summed E-state index contributed by atoms with van der Waals surface area (Å²) in [4.78, 5) is 18.0. The highest BCUT2D eigenvalue weighted by molar-refractivity contribution is 14.0. The number of hydrogen-bond acceptors (Lipinski definition) is 4. The number of likely N-dealkylation sites (tertiary alicyclic amines) is 1. The molecule has 1 heterocycles. The van der Waals surface area contributed by atoms with Crippen molar-refractivity contribution in [2.24, 2.45) is 4.99 Å². The third-order valence-corrected chi connectivity index (χ3v) is 5.33. The zero-order chi connectivity index (χ0) is 22.4. The van der Waals surface area contributed by atoms with Crippen LogP contribution in [-0.4, -0.2) is 61.6 Å². The van der Waals surface area contributed by atoms with E-state index in [0.29, 0.717) is 44.2 Å². The summed E-state index contributed by atoms with van der Waals surface area (Å²) in [5, 5.41) is 6.72. The van der Waals surface area contributed by atoms with E-state index in [1.165, 1.54) is 12.1 Å². The molecule has 1 amide bonds. The summed E-state index contributed by atoms with van der Waals surface area (Å²) < 4.78 is 47.3. The minimum Gasteiger partial charge on any atom is -0.450 e. The van der Waals surface area contributed by atoms with Crippen molar-refractivity contribution in [1.29, 1.82) is 0 Å². The van der Waals surface area contributed by atoms with Crippen LogP contribution in [0.5, 0.6) is 5.75 Å². The SMILES string of the molecule is CCN=C(NC1CCN(C(=O)OCC)CC1)NC1CC1c1ccccc1OC(F)(F)F.I. The summed E-state index contributed by atoms with van der Waals surface area (Å²) in [6.07, 6.45) is -2.78. The molecule has 2 unspecified atom stereocenters. The number of aliphatic imine (C=N–C) groups is 1. The van der Waals surface area contributed by atoms with Crippen LogP contribution >= 0.6 is 24.0 Å². The lowest BCUT2D eigenvalue weighted by Crippen LogP contribution is -2.50. The van der Waals surface area contributed by atoms with E-state index in [1.54, 1.807) is 24.0 Å². The van der Waals surface area contributed by atoms with Gasteiger partial charge in [-0.25, -0.2) is 4.79 Å². The zero-order valence-corrected chi connectivity index (χ0v) is 20.5. The largest absolute Gasteiger partial charge is 0.573 e. The Bertz CT molecular complexity index is 786. The molecule has 0 spiro atoms. The Morgan fingerprint density at radius 3 is 2.50 bits per heavy atom. The van der Waals surface area contributed by atoms with E-state index in [1.807, 2.05) is 6.92 Å². The first-order valence-electron chi connectivity index (χ1n) is 10.6. The summed E-state index contributed by atoms with van der Waals surface area (Å²) in [6.45, 7) is 5.83. The Labute approximate surface area is 203 Å². The normalized spacial score (nSPS) is 21.4. The summed E-state index contributed by atoms with van der Waals surface area (Å²) in [5.41, 5.74) is 0.538. The molecule has 1 aliphatic heterocycles. The fourth-order valence-electron chi connectivity index (χ4n) is 3.78. The number of benzene rings is 1. The van der Waals surface area contributed by atoms with Crippen molar-refractivity contribution in [2.75, 3.05) is 26.2 Å². The third-order valence-electron chi connectivity index (χ3n) is 5.33. The highest BCUT2D eigenvalue weighted by atomic mass is 127. The number of nitrogens with zero attached hydrogens (tertiary/aromatic N) is 2. The summed E-state index contributed by atoms with van der Waals surface area (Å²) >= 11 is 0. The molecule has 32 heavy (non-hydrogen) atoms. The summed E-state index contributed by atoms with van der Waals surface area (Å²) in [5.74, 6) is 0.407. The van der Waals surface area contributed by atoms with Crippen LogP contribution in [0.3, 0.4) is 0 Å². The van der Waals surface area contributed by atoms with Crippen LogP contribution in [0.2, 0.25) is 0 Å². The number of carbonyl (C=O) groups excluding carboxylic acids is 1. The predicted octanol–water partition coefficient (Wildman–Crippen LogP) is 4.24. The number of piperidine rings is 1. The van der Waals surface area contributed by atoms with Crippen LogP contribution in [0.25, 0.3) is 0 Å². The Kier molecular flexibility index (Phi) is 9.71. The van der Waals surface area contributed by atoms with E-state index < -0.39 is 6.36 Å². The standard InChI is InChI=1S/C21H29F3N4O3.HI/c1-3-25-19(26-14-9-11-28(12-10-14)20(29)30-4-2)27-17-13-16(17)15-7-5-6-8-18(15)31-21(22,23)24;/h5-8,14,16-17H,3-4,9-13H2,1-2H3,(H2,25,26,27);1H. The molecule has 7 nitrogen and oxygen atoms in total. The molecular weight excluding hydrogens is 540 g/mol. The number of halogens is 4. The fourth-order valence-corrected chi connectivity index (χ4v) is 3.78. The highest BCUT2D eigenvalue weighted by Gasteiger charge is 2.42. The second kappa shape index (κ2) is 11.8. The first kappa shape index (κ1) is 26.3. The molecule has 180 valence electrons. The first-order valence-corrected chi connectivity index (χ1v) is 10.6. The van der Waals surface area contributed by atoms with Gasteiger partial charge >= 0.3 is 12.5 Å². The number of guanidine groups is 1. The lowest BCUT2D eigenvalue weighted by atomic mass is 10.1. The maximum Gasteiger partial charge on any atom is 0.573 e.